The first-order chi connectivity index (χ1) is 7.24. The number of carbonyl (C=O) groups excluding carboxylic acids is 1. The first-order valence-corrected chi connectivity index (χ1v) is 7.01. The molecule has 1 heterocycles. The molecule has 0 saturated carbocycles. The van der Waals surface area contributed by atoms with Crippen molar-refractivity contribution in [1.82, 2.24) is 0 Å². The summed E-state index contributed by atoms with van der Waals surface area (Å²) < 4.78 is 48.2. The van der Waals surface area contributed by atoms with Crippen LogP contribution >= 0.6 is 0 Å². The maximum absolute atomic E-state index is 11.4. The van der Waals surface area contributed by atoms with E-state index in [1.54, 1.807) is 0 Å². The minimum atomic E-state index is -4.18. The molecule has 0 radical (unpaired) electrons. The first kappa shape index (κ1) is 11.2. The summed E-state index contributed by atoms with van der Waals surface area (Å²) in [6.45, 7) is 1.26. The predicted molar refractivity (Wildman–Crippen MR) is 54.2 cm³/mol. The second-order valence-corrected chi connectivity index (χ2v) is 6.62. The molecular formula is C8H6NO5S2-. The SMILES string of the molecule is CC(=O)c1ccc2c(c1)S(=O)(=O)[N-]S2(=O)=O. The minimum absolute atomic E-state index is 0.134. The highest BCUT2D eigenvalue weighted by molar-refractivity contribution is 8.14. The molecule has 8 heteroatoms. The largest absolute Gasteiger partial charge is 0.428 e. The highest BCUT2D eigenvalue weighted by Crippen LogP contribution is 2.38. The Morgan fingerprint density at radius 1 is 1.06 bits per heavy atom. The summed E-state index contributed by atoms with van der Waals surface area (Å²) in [4.78, 5) is 10.2. The van der Waals surface area contributed by atoms with Crippen molar-refractivity contribution in [1.29, 1.82) is 0 Å². The molecule has 6 nitrogen and oxygen atoms in total. The van der Waals surface area contributed by atoms with Crippen molar-refractivity contribution in [3.05, 3.63) is 27.9 Å². The number of carbonyl (C=O) groups is 1. The third-order valence-electron chi connectivity index (χ3n) is 2.10. The van der Waals surface area contributed by atoms with Crippen molar-refractivity contribution in [2.45, 2.75) is 16.7 Å². The van der Waals surface area contributed by atoms with Gasteiger partial charge in [0.2, 0.25) is 0 Å². The Kier molecular flexibility index (Phi) is 2.19. The van der Waals surface area contributed by atoms with Crippen LogP contribution in [0.15, 0.2) is 28.0 Å². The van der Waals surface area contributed by atoms with E-state index in [1.165, 1.54) is 13.0 Å². The van der Waals surface area contributed by atoms with Crippen LogP contribution < -0.4 is 0 Å². The third kappa shape index (κ3) is 1.55. The van der Waals surface area contributed by atoms with Crippen molar-refractivity contribution in [3.63, 3.8) is 0 Å². The lowest BCUT2D eigenvalue weighted by atomic mass is 10.1. The summed E-state index contributed by atoms with van der Waals surface area (Å²) in [5.74, 6) is -0.345. The summed E-state index contributed by atoms with van der Waals surface area (Å²) in [5, 5.41) is 0. The minimum Gasteiger partial charge on any atom is -0.428 e. The number of nitrogens with zero attached hydrogens (tertiary/aromatic N) is 1. The van der Waals surface area contributed by atoms with E-state index in [1.807, 2.05) is 0 Å². The first-order valence-electron chi connectivity index (χ1n) is 4.13. The van der Waals surface area contributed by atoms with Gasteiger partial charge in [0.15, 0.2) is 5.78 Å². The van der Waals surface area contributed by atoms with Gasteiger partial charge in [0.1, 0.15) is 20.0 Å². The summed E-state index contributed by atoms with van der Waals surface area (Å²) in [6.07, 6.45) is 0. The van der Waals surface area contributed by atoms with Gasteiger partial charge >= 0.3 is 0 Å². The van der Waals surface area contributed by atoms with Crippen LogP contribution in [0.3, 0.4) is 0 Å². The zero-order valence-electron chi connectivity index (χ0n) is 8.04. The van der Waals surface area contributed by atoms with Crippen LogP contribution in [0.5, 0.6) is 0 Å². The van der Waals surface area contributed by atoms with Gasteiger partial charge in [-0.15, -0.1) is 0 Å². The van der Waals surface area contributed by atoms with Crippen LogP contribution in [0, 0.1) is 0 Å². The molecule has 0 unspecified atom stereocenters. The number of hydrogen-bond donors (Lipinski definition) is 0. The van der Waals surface area contributed by atoms with Gasteiger partial charge in [-0.2, -0.15) is 0 Å². The molecule has 1 aliphatic heterocycles. The fourth-order valence-electron chi connectivity index (χ4n) is 1.35. The van der Waals surface area contributed by atoms with Crippen molar-refractivity contribution in [2.75, 3.05) is 0 Å². The molecule has 86 valence electrons. The van der Waals surface area contributed by atoms with Crippen molar-refractivity contribution >= 4 is 25.8 Å². The highest BCUT2D eigenvalue weighted by atomic mass is 32.3. The van der Waals surface area contributed by atoms with Gasteiger partial charge in [0.25, 0.3) is 0 Å². The quantitative estimate of drug-likeness (QED) is 0.690. The van der Waals surface area contributed by atoms with Gasteiger partial charge < -0.3 is 4.13 Å². The summed E-state index contributed by atoms with van der Waals surface area (Å²) in [7, 11) is -8.31. The molecule has 16 heavy (non-hydrogen) atoms. The number of benzene rings is 1. The molecular weight excluding hydrogens is 254 g/mol. The maximum atomic E-state index is 11.4. The van der Waals surface area contributed by atoms with Crippen LogP contribution in [0.1, 0.15) is 17.3 Å². The summed E-state index contributed by atoms with van der Waals surface area (Å²) in [6, 6.07) is 3.37. The number of fused-ring (bicyclic) bond motifs is 1. The van der Waals surface area contributed by atoms with E-state index in [0.717, 1.165) is 12.1 Å². The maximum Gasteiger partial charge on any atom is 0.159 e. The Bertz CT molecular complexity index is 687. The van der Waals surface area contributed by atoms with E-state index < -0.39 is 24.9 Å². The van der Waals surface area contributed by atoms with Gasteiger partial charge in [-0.3, -0.25) is 4.79 Å². The van der Waals surface area contributed by atoms with Crippen LogP contribution in [0.2, 0.25) is 0 Å². The molecule has 0 spiro atoms. The lowest BCUT2D eigenvalue weighted by Crippen LogP contribution is -1.97. The Morgan fingerprint density at radius 3 is 2.19 bits per heavy atom. The van der Waals surface area contributed by atoms with E-state index in [4.69, 9.17) is 0 Å². The smallest absolute Gasteiger partial charge is 0.159 e. The third-order valence-corrected chi connectivity index (χ3v) is 5.61. The predicted octanol–water partition coefficient (Wildman–Crippen LogP) is 0.654. The molecule has 0 N–H and O–H groups in total. The molecule has 0 amide bonds. The summed E-state index contributed by atoms with van der Waals surface area (Å²) >= 11 is 0. The topological polar surface area (TPSA) is 99.4 Å². The van der Waals surface area contributed by atoms with Gasteiger partial charge in [0.05, 0.1) is 9.79 Å². The molecule has 0 aromatic heterocycles. The fraction of sp³-hybridized carbons (Fsp3) is 0.125. The molecule has 1 aromatic rings. The molecule has 0 bridgehead atoms. The van der Waals surface area contributed by atoms with E-state index in [0.29, 0.717) is 0 Å². The number of hydrogen-bond acceptors (Lipinski definition) is 5. The number of ketones is 1. The van der Waals surface area contributed by atoms with E-state index in [-0.39, 0.29) is 16.2 Å². The lowest BCUT2D eigenvalue weighted by Gasteiger charge is -2.06. The zero-order chi connectivity index (χ0) is 12.1. The van der Waals surface area contributed by atoms with Gasteiger partial charge in [-0.05, 0) is 19.1 Å². The number of Topliss-reactive ketones (excluding diaryl/α,β-unsaturated/α-hetero) is 1. The Morgan fingerprint density at radius 2 is 1.62 bits per heavy atom. The van der Waals surface area contributed by atoms with Crippen LogP contribution in [0.4, 0.5) is 0 Å². The van der Waals surface area contributed by atoms with E-state index >= 15 is 0 Å². The van der Waals surface area contributed by atoms with Gasteiger partial charge in [0, 0.05) is 5.56 Å². The summed E-state index contributed by atoms with van der Waals surface area (Å²) in [5.41, 5.74) is 0.134. The van der Waals surface area contributed by atoms with Crippen LogP contribution in [0.25, 0.3) is 4.13 Å². The van der Waals surface area contributed by atoms with Crippen molar-refractivity contribution in [2.24, 2.45) is 0 Å². The Labute approximate surface area is 92.4 Å². The molecule has 1 aliphatic rings. The molecule has 0 saturated heterocycles. The zero-order valence-corrected chi connectivity index (χ0v) is 9.67. The number of rotatable bonds is 1. The van der Waals surface area contributed by atoms with Crippen molar-refractivity contribution in [3.8, 4) is 0 Å². The standard InChI is InChI=1S/C8H6NO5S2/c1-5(10)6-2-3-7-8(4-6)16(13,14)9-15(7,11)12/h2-4H,1H3/q-1. The Hall–Kier alpha value is -1.25. The molecule has 2 rings (SSSR count). The second kappa shape index (κ2) is 3.12. The molecule has 0 atom stereocenters. The second-order valence-electron chi connectivity index (χ2n) is 3.24. The van der Waals surface area contributed by atoms with Crippen molar-refractivity contribution < 1.29 is 21.6 Å². The average molecular weight is 260 g/mol. The van der Waals surface area contributed by atoms with Gasteiger partial charge in [-0.1, -0.05) is 6.07 Å². The van der Waals surface area contributed by atoms with E-state index in [9.17, 15) is 21.6 Å². The molecule has 1 aromatic carbocycles. The van der Waals surface area contributed by atoms with Crippen LogP contribution in [-0.2, 0) is 20.0 Å². The number of sulfonamides is 2. The molecule has 0 aliphatic carbocycles. The van der Waals surface area contributed by atoms with E-state index in [2.05, 4.69) is 4.13 Å². The Balaban J connectivity index is 2.84. The normalized spacial score (nSPS) is 20.3. The molecule has 0 fully saturated rings. The monoisotopic (exact) mass is 260 g/mol. The fourth-order valence-corrected chi connectivity index (χ4v) is 4.81. The highest BCUT2D eigenvalue weighted by Gasteiger charge is 2.27. The average Bonchev–Trinajstić information content (AvgIpc) is 2.32. The van der Waals surface area contributed by atoms with Gasteiger partial charge in [-0.25, -0.2) is 16.8 Å². The van der Waals surface area contributed by atoms with Crippen LogP contribution in [-0.4, -0.2) is 22.6 Å². The lowest BCUT2D eigenvalue weighted by molar-refractivity contribution is 0.101.